The quantitative estimate of drug-likeness (QED) is 0.435. The first-order valence-corrected chi connectivity index (χ1v) is 3.97. The molecular formula is C6H11N3O4. The van der Waals surface area contributed by atoms with E-state index in [0.29, 0.717) is 13.1 Å². The minimum atomic E-state index is -1.08. The molecule has 0 spiro atoms. The molecule has 0 aromatic rings. The molecule has 0 aliphatic carbocycles. The second-order valence-electron chi connectivity index (χ2n) is 2.71. The molecule has 0 unspecified atom stereocenters. The number of rotatable bonds is 3. The summed E-state index contributed by atoms with van der Waals surface area (Å²) in [5.41, 5.74) is 0. The van der Waals surface area contributed by atoms with Gasteiger partial charge in [0.15, 0.2) is 0 Å². The van der Waals surface area contributed by atoms with Gasteiger partial charge in [-0.25, -0.2) is 4.84 Å². The van der Waals surface area contributed by atoms with Gasteiger partial charge >= 0.3 is 11.1 Å². The van der Waals surface area contributed by atoms with Crippen molar-refractivity contribution in [3.05, 3.63) is 10.1 Å². The van der Waals surface area contributed by atoms with Crippen LogP contribution in [-0.2, 0) is 9.63 Å². The molecule has 1 saturated heterocycles. The zero-order chi connectivity index (χ0) is 9.68. The summed E-state index contributed by atoms with van der Waals surface area (Å²) in [5.74, 6) is -0.813. The summed E-state index contributed by atoms with van der Waals surface area (Å²) in [4.78, 5) is 26.2. The molecule has 0 saturated carbocycles. The van der Waals surface area contributed by atoms with Crippen LogP contribution in [0.25, 0.3) is 0 Å². The Morgan fingerprint density at radius 2 is 2.15 bits per heavy atom. The first-order chi connectivity index (χ1) is 6.18. The topological polar surface area (TPSA) is 84.7 Å². The molecule has 0 atom stereocenters. The van der Waals surface area contributed by atoms with Crippen molar-refractivity contribution in [2.24, 2.45) is 0 Å². The van der Waals surface area contributed by atoms with E-state index in [4.69, 9.17) is 0 Å². The zero-order valence-electron chi connectivity index (χ0n) is 7.06. The first kappa shape index (κ1) is 9.87. The van der Waals surface area contributed by atoms with Gasteiger partial charge in [-0.15, -0.1) is 10.1 Å². The fraction of sp³-hybridized carbons (Fsp3) is 0.833. The molecule has 74 valence electrons. The van der Waals surface area contributed by atoms with Crippen molar-refractivity contribution < 1.29 is 14.7 Å². The second-order valence-corrected chi connectivity index (χ2v) is 2.71. The van der Waals surface area contributed by atoms with Gasteiger partial charge in [0.2, 0.25) is 0 Å². The highest BCUT2D eigenvalue weighted by Gasteiger charge is 2.15. The average Bonchev–Trinajstić information content (AvgIpc) is 2.04. The third-order valence-electron chi connectivity index (χ3n) is 1.74. The monoisotopic (exact) mass is 189 g/mol. The van der Waals surface area contributed by atoms with E-state index in [-0.39, 0.29) is 6.54 Å². The van der Waals surface area contributed by atoms with E-state index in [1.54, 1.807) is 0 Å². The fourth-order valence-electron chi connectivity index (χ4n) is 1.16. The Hall–Kier alpha value is -1.21. The van der Waals surface area contributed by atoms with Crippen LogP contribution in [0, 0.1) is 10.1 Å². The van der Waals surface area contributed by atoms with Gasteiger partial charge in [-0.05, 0) is 0 Å². The number of hydrogen-bond acceptors (Lipinski definition) is 6. The maximum absolute atomic E-state index is 10.8. The van der Waals surface area contributed by atoms with E-state index < -0.39 is 11.1 Å². The Morgan fingerprint density at radius 3 is 2.69 bits per heavy atom. The lowest BCUT2D eigenvalue weighted by Gasteiger charge is -2.25. The van der Waals surface area contributed by atoms with Crippen LogP contribution in [-0.4, -0.2) is 48.7 Å². The van der Waals surface area contributed by atoms with Crippen LogP contribution in [0.2, 0.25) is 0 Å². The maximum Gasteiger partial charge on any atom is 0.317 e. The van der Waals surface area contributed by atoms with Crippen LogP contribution in [0.5, 0.6) is 0 Å². The van der Waals surface area contributed by atoms with E-state index in [1.165, 1.54) is 0 Å². The Kier molecular flexibility index (Phi) is 3.59. The van der Waals surface area contributed by atoms with Crippen molar-refractivity contribution in [1.82, 2.24) is 10.2 Å². The molecule has 7 heteroatoms. The molecule has 0 aromatic heterocycles. The lowest BCUT2D eigenvalue weighted by molar-refractivity contribution is -0.729. The Morgan fingerprint density at radius 1 is 1.54 bits per heavy atom. The van der Waals surface area contributed by atoms with Crippen molar-refractivity contribution in [1.29, 1.82) is 0 Å². The molecule has 1 aliphatic heterocycles. The molecule has 1 fully saturated rings. The summed E-state index contributed by atoms with van der Waals surface area (Å²) in [6.07, 6.45) is 0. The number of hydrogen-bond donors (Lipinski definition) is 1. The van der Waals surface area contributed by atoms with Gasteiger partial charge in [-0.3, -0.25) is 9.69 Å². The van der Waals surface area contributed by atoms with E-state index >= 15 is 0 Å². The van der Waals surface area contributed by atoms with Crippen LogP contribution in [0.1, 0.15) is 0 Å². The van der Waals surface area contributed by atoms with Gasteiger partial charge in [0.1, 0.15) is 0 Å². The normalized spacial score (nSPS) is 18.2. The predicted molar refractivity (Wildman–Crippen MR) is 42.4 cm³/mol. The highest BCUT2D eigenvalue weighted by molar-refractivity contribution is 5.70. The standard InChI is InChI=1S/C6H11N3O4/c10-6(13-9(11)12)5-8-3-1-7-2-4-8/h7H,1-5H2. The molecule has 0 bridgehead atoms. The third kappa shape index (κ3) is 3.81. The zero-order valence-corrected chi connectivity index (χ0v) is 7.06. The molecule has 1 N–H and O–H groups in total. The Labute approximate surface area is 74.7 Å². The van der Waals surface area contributed by atoms with Gasteiger partial charge in [0.05, 0.1) is 6.54 Å². The molecule has 1 rings (SSSR count). The van der Waals surface area contributed by atoms with Gasteiger partial charge < -0.3 is 5.32 Å². The molecule has 0 amide bonds. The molecule has 0 radical (unpaired) electrons. The van der Waals surface area contributed by atoms with Crippen LogP contribution in [0.4, 0.5) is 0 Å². The number of carbonyl (C=O) groups excluding carboxylic acids is 1. The van der Waals surface area contributed by atoms with Crippen molar-refractivity contribution >= 4 is 5.97 Å². The van der Waals surface area contributed by atoms with Crippen LogP contribution in [0.3, 0.4) is 0 Å². The molecular weight excluding hydrogens is 178 g/mol. The third-order valence-corrected chi connectivity index (χ3v) is 1.74. The van der Waals surface area contributed by atoms with E-state index in [1.807, 2.05) is 4.90 Å². The summed E-state index contributed by atoms with van der Waals surface area (Å²) in [7, 11) is 0. The molecule has 0 aromatic carbocycles. The van der Waals surface area contributed by atoms with Gasteiger partial charge in [0.25, 0.3) is 0 Å². The summed E-state index contributed by atoms with van der Waals surface area (Å²) in [6.45, 7) is 3.01. The van der Waals surface area contributed by atoms with E-state index in [2.05, 4.69) is 10.2 Å². The van der Waals surface area contributed by atoms with E-state index in [9.17, 15) is 14.9 Å². The van der Waals surface area contributed by atoms with Gasteiger partial charge in [0, 0.05) is 26.2 Å². The van der Waals surface area contributed by atoms with Crippen molar-refractivity contribution in [2.75, 3.05) is 32.7 Å². The minimum Gasteiger partial charge on any atom is -0.314 e. The maximum atomic E-state index is 10.8. The summed E-state index contributed by atoms with van der Waals surface area (Å²) in [5, 5.41) is 11.8. The number of piperazine rings is 1. The fourth-order valence-corrected chi connectivity index (χ4v) is 1.16. The number of nitrogens with one attached hydrogen (secondary N) is 1. The highest BCUT2D eigenvalue weighted by atomic mass is 17.0. The van der Waals surface area contributed by atoms with Gasteiger partial charge in [-0.2, -0.15) is 0 Å². The SMILES string of the molecule is O=C(CN1CCNCC1)O[N+](=O)[O-]. The smallest absolute Gasteiger partial charge is 0.314 e. The minimum absolute atomic E-state index is 0.0112. The Balaban J connectivity index is 2.22. The summed E-state index contributed by atoms with van der Waals surface area (Å²) < 4.78 is 0. The van der Waals surface area contributed by atoms with Crippen LogP contribution < -0.4 is 5.32 Å². The number of carbonyl (C=O) groups is 1. The summed E-state index contributed by atoms with van der Waals surface area (Å²) >= 11 is 0. The Bertz CT molecular complexity index is 202. The molecule has 13 heavy (non-hydrogen) atoms. The average molecular weight is 189 g/mol. The van der Waals surface area contributed by atoms with Crippen molar-refractivity contribution in [3.63, 3.8) is 0 Å². The molecule has 1 heterocycles. The highest BCUT2D eigenvalue weighted by Crippen LogP contribution is 1.92. The van der Waals surface area contributed by atoms with Crippen LogP contribution in [0.15, 0.2) is 0 Å². The molecule has 7 nitrogen and oxygen atoms in total. The van der Waals surface area contributed by atoms with Crippen molar-refractivity contribution in [2.45, 2.75) is 0 Å². The molecule has 1 aliphatic rings. The first-order valence-electron chi connectivity index (χ1n) is 3.97. The largest absolute Gasteiger partial charge is 0.317 e. The predicted octanol–water partition coefficient (Wildman–Crippen LogP) is -1.37. The number of nitrogens with zero attached hydrogens (tertiary/aromatic N) is 2. The lowest BCUT2D eigenvalue weighted by Crippen LogP contribution is -2.45. The van der Waals surface area contributed by atoms with Crippen LogP contribution >= 0.6 is 0 Å². The summed E-state index contributed by atoms with van der Waals surface area (Å²) in [6, 6.07) is 0. The van der Waals surface area contributed by atoms with Gasteiger partial charge in [-0.1, -0.05) is 0 Å². The van der Waals surface area contributed by atoms with E-state index in [0.717, 1.165) is 13.1 Å². The lowest BCUT2D eigenvalue weighted by atomic mass is 10.3. The van der Waals surface area contributed by atoms with Crippen molar-refractivity contribution in [3.8, 4) is 0 Å². The second kappa shape index (κ2) is 4.73.